The van der Waals surface area contributed by atoms with Crippen LogP contribution < -0.4 is 4.74 Å². The lowest BCUT2D eigenvalue weighted by atomic mass is 9.98. The molecule has 156 valence electrons. The number of ether oxygens (including phenoxy) is 1. The number of benzene rings is 1. The van der Waals surface area contributed by atoms with Gasteiger partial charge in [0.15, 0.2) is 6.61 Å². The summed E-state index contributed by atoms with van der Waals surface area (Å²) in [5.41, 5.74) is 2.35. The predicted octanol–water partition coefficient (Wildman–Crippen LogP) is 4.75. The quantitative estimate of drug-likeness (QED) is 0.678. The van der Waals surface area contributed by atoms with E-state index in [0.29, 0.717) is 12.0 Å². The number of aryl methyl sites for hydroxylation is 1. The van der Waals surface area contributed by atoms with E-state index in [2.05, 4.69) is 48.8 Å². The molecule has 1 aromatic carbocycles. The molecule has 2 aliphatic rings. The van der Waals surface area contributed by atoms with Crippen LogP contribution in [0.2, 0.25) is 0 Å². The number of hydrogen-bond acceptors (Lipinski definition) is 3. The highest BCUT2D eigenvalue weighted by Crippen LogP contribution is 2.28. The molecule has 2 aliphatic heterocycles. The number of rotatable bonds is 7. The second kappa shape index (κ2) is 10.3. The zero-order valence-electron chi connectivity index (χ0n) is 18.1. The fraction of sp³-hybridized carbons (Fsp3) is 0.708. The van der Waals surface area contributed by atoms with E-state index in [1.165, 1.54) is 49.9 Å². The predicted molar refractivity (Wildman–Crippen MR) is 115 cm³/mol. The molecule has 4 nitrogen and oxygen atoms in total. The molecular formula is C24H38N2O2. The second-order valence-corrected chi connectivity index (χ2v) is 8.91. The normalized spacial score (nSPS) is 21.1. The molecule has 0 aromatic heterocycles. The lowest BCUT2D eigenvalue weighted by Gasteiger charge is -2.37. The Balaban J connectivity index is 1.56. The first-order valence-electron chi connectivity index (χ1n) is 11.3. The minimum absolute atomic E-state index is 0.152. The van der Waals surface area contributed by atoms with Gasteiger partial charge in [0, 0.05) is 19.1 Å². The highest BCUT2D eigenvalue weighted by molar-refractivity contribution is 5.78. The Hall–Kier alpha value is -1.55. The van der Waals surface area contributed by atoms with Gasteiger partial charge in [0.05, 0.1) is 0 Å². The topological polar surface area (TPSA) is 32.8 Å². The molecule has 2 saturated heterocycles. The summed E-state index contributed by atoms with van der Waals surface area (Å²) in [6.07, 6.45) is 8.64. The number of likely N-dealkylation sites (tertiary alicyclic amines) is 2. The van der Waals surface area contributed by atoms with Gasteiger partial charge in [-0.1, -0.05) is 32.4 Å². The molecule has 1 aromatic rings. The number of carbonyl (C=O) groups excluding carboxylic acids is 1. The van der Waals surface area contributed by atoms with Crippen molar-refractivity contribution < 1.29 is 9.53 Å². The van der Waals surface area contributed by atoms with Gasteiger partial charge in [-0.3, -0.25) is 4.79 Å². The fourth-order valence-electron chi connectivity index (χ4n) is 4.61. The van der Waals surface area contributed by atoms with Crippen molar-refractivity contribution in [1.82, 2.24) is 9.80 Å². The van der Waals surface area contributed by atoms with Crippen molar-refractivity contribution in [3.8, 4) is 5.75 Å². The number of nitrogens with zero attached hydrogens (tertiary/aromatic N) is 2. The fourth-order valence-corrected chi connectivity index (χ4v) is 4.61. The molecule has 0 spiro atoms. The number of amides is 1. The van der Waals surface area contributed by atoms with Crippen molar-refractivity contribution in [3.63, 3.8) is 0 Å². The Morgan fingerprint density at radius 3 is 2.61 bits per heavy atom. The zero-order chi connectivity index (χ0) is 19.9. The van der Waals surface area contributed by atoms with Crippen molar-refractivity contribution in [1.29, 1.82) is 0 Å². The van der Waals surface area contributed by atoms with Gasteiger partial charge in [-0.2, -0.15) is 0 Å². The highest BCUT2D eigenvalue weighted by Gasteiger charge is 2.27. The molecular weight excluding hydrogens is 348 g/mol. The molecule has 0 saturated carbocycles. The Labute approximate surface area is 171 Å². The Morgan fingerprint density at radius 2 is 1.86 bits per heavy atom. The minimum Gasteiger partial charge on any atom is -0.483 e. The molecule has 28 heavy (non-hydrogen) atoms. The third-order valence-electron chi connectivity index (χ3n) is 6.32. The van der Waals surface area contributed by atoms with Gasteiger partial charge in [0.25, 0.3) is 5.91 Å². The molecule has 0 bridgehead atoms. The van der Waals surface area contributed by atoms with Crippen LogP contribution in [0.5, 0.6) is 5.75 Å². The first-order chi connectivity index (χ1) is 13.5. The first kappa shape index (κ1) is 21.2. The maximum absolute atomic E-state index is 13.0. The van der Waals surface area contributed by atoms with Crippen LogP contribution in [0.15, 0.2) is 18.2 Å². The lowest BCUT2D eigenvalue weighted by molar-refractivity contribution is -0.137. The van der Waals surface area contributed by atoms with Crippen molar-refractivity contribution in [3.05, 3.63) is 29.3 Å². The SMILES string of the molecule is Cc1ccc(C(C)C)c(OCC(=O)N2CCCCC2CCN2CCCCC2)c1. The summed E-state index contributed by atoms with van der Waals surface area (Å²) in [5.74, 6) is 1.41. The maximum atomic E-state index is 13.0. The van der Waals surface area contributed by atoms with E-state index in [1.54, 1.807) is 0 Å². The molecule has 2 heterocycles. The summed E-state index contributed by atoms with van der Waals surface area (Å²) < 4.78 is 6.04. The summed E-state index contributed by atoms with van der Waals surface area (Å²) in [4.78, 5) is 17.7. The largest absolute Gasteiger partial charge is 0.483 e. The summed E-state index contributed by atoms with van der Waals surface area (Å²) in [5, 5.41) is 0. The van der Waals surface area contributed by atoms with Crippen LogP contribution in [-0.4, -0.2) is 54.5 Å². The van der Waals surface area contributed by atoms with E-state index in [-0.39, 0.29) is 12.5 Å². The number of carbonyl (C=O) groups is 1. The van der Waals surface area contributed by atoms with Crippen LogP contribution in [0.3, 0.4) is 0 Å². The number of hydrogen-bond donors (Lipinski definition) is 0. The molecule has 2 fully saturated rings. The molecule has 4 heteroatoms. The van der Waals surface area contributed by atoms with Crippen molar-refractivity contribution >= 4 is 5.91 Å². The standard InChI is InChI=1S/C24H38N2O2/c1-19(2)22-11-10-20(3)17-23(22)28-18-24(27)26-15-8-5-9-21(26)12-16-25-13-6-4-7-14-25/h10-11,17,19,21H,4-9,12-16,18H2,1-3H3. The van der Waals surface area contributed by atoms with Crippen molar-refractivity contribution in [2.45, 2.75) is 77.7 Å². The first-order valence-corrected chi connectivity index (χ1v) is 11.3. The average molecular weight is 387 g/mol. The van der Waals surface area contributed by atoms with Gasteiger partial charge in [0.1, 0.15) is 5.75 Å². The minimum atomic E-state index is 0.152. The van der Waals surface area contributed by atoms with E-state index in [9.17, 15) is 4.79 Å². The molecule has 0 radical (unpaired) electrons. The van der Waals surface area contributed by atoms with E-state index in [4.69, 9.17) is 4.74 Å². The molecule has 1 atom stereocenters. The molecule has 3 rings (SSSR count). The van der Waals surface area contributed by atoms with Crippen LogP contribution in [0.4, 0.5) is 0 Å². The zero-order valence-corrected chi connectivity index (χ0v) is 18.1. The van der Waals surface area contributed by atoms with Crippen LogP contribution in [0.1, 0.15) is 75.8 Å². The summed E-state index contributed by atoms with van der Waals surface area (Å²) in [6, 6.07) is 6.69. The molecule has 1 amide bonds. The van der Waals surface area contributed by atoms with E-state index in [0.717, 1.165) is 38.1 Å². The van der Waals surface area contributed by atoms with Crippen LogP contribution in [0.25, 0.3) is 0 Å². The highest BCUT2D eigenvalue weighted by atomic mass is 16.5. The van der Waals surface area contributed by atoms with Crippen LogP contribution in [0, 0.1) is 6.92 Å². The molecule has 0 N–H and O–H groups in total. The van der Waals surface area contributed by atoms with Gasteiger partial charge in [-0.05, 0) is 81.6 Å². The van der Waals surface area contributed by atoms with Gasteiger partial charge in [-0.25, -0.2) is 0 Å². The van der Waals surface area contributed by atoms with Gasteiger partial charge in [-0.15, -0.1) is 0 Å². The van der Waals surface area contributed by atoms with Gasteiger partial charge < -0.3 is 14.5 Å². The van der Waals surface area contributed by atoms with Crippen molar-refractivity contribution in [2.75, 3.05) is 32.8 Å². The summed E-state index contributed by atoms with van der Waals surface area (Å²) in [7, 11) is 0. The van der Waals surface area contributed by atoms with Gasteiger partial charge >= 0.3 is 0 Å². The monoisotopic (exact) mass is 386 g/mol. The maximum Gasteiger partial charge on any atom is 0.260 e. The lowest BCUT2D eigenvalue weighted by Crippen LogP contribution is -2.47. The Kier molecular flexibility index (Phi) is 7.78. The summed E-state index contributed by atoms with van der Waals surface area (Å²) in [6.45, 7) is 11.0. The Morgan fingerprint density at radius 1 is 1.11 bits per heavy atom. The smallest absolute Gasteiger partial charge is 0.260 e. The van der Waals surface area contributed by atoms with E-state index >= 15 is 0 Å². The average Bonchev–Trinajstić information content (AvgIpc) is 2.71. The summed E-state index contributed by atoms with van der Waals surface area (Å²) >= 11 is 0. The van der Waals surface area contributed by atoms with Crippen LogP contribution >= 0.6 is 0 Å². The Bertz CT molecular complexity index is 637. The molecule has 1 unspecified atom stereocenters. The van der Waals surface area contributed by atoms with Crippen LogP contribution in [-0.2, 0) is 4.79 Å². The van der Waals surface area contributed by atoms with Crippen molar-refractivity contribution in [2.24, 2.45) is 0 Å². The third kappa shape index (κ3) is 5.73. The van der Waals surface area contributed by atoms with Gasteiger partial charge in [0.2, 0.25) is 0 Å². The third-order valence-corrected chi connectivity index (χ3v) is 6.32. The van der Waals surface area contributed by atoms with E-state index < -0.39 is 0 Å². The van der Waals surface area contributed by atoms with E-state index in [1.807, 2.05) is 0 Å². The number of piperidine rings is 2. The second-order valence-electron chi connectivity index (χ2n) is 8.91. The molecule has 0 aliphatic carbocycles.